The van der Waals surface area contributed by atoms with E-state index in [2.05, 4.69) is 45.5 Å². The zero-order chi connectivity index (χ0) is 21.5. The molecule has 0 radical (unpaired) electrons. The van der Waals surface area contributed by atoms with Crippen molar-refractivity contribution < 1.29 is 14.2 Å². The van der Waals surface area contributed by atoms with Crippen LogP contribution in [0.25, 0.3) is 10.8 Å². The maximum Gasteiger partial charge on any atom is 0.193 e. The number of hydrogen-bond acceptors (Lipinski definition) is 4. The molecule has 2 heterocycles. The Morgan fingerprint density at radius 1 is 1.10 bits per heavy atom. The summed E-state index contributed by atoms with van der Waals surface area (Å²) in [5.74, 6) is 1.85. The van der Waals surface area contributed by atoms with Crippen molar-refractivity contribution in [1.82, 2.24) is 10.2 Å². The molecule has 0 aliphatic carbocycles. The van der Waals surface area contributed by atoms with Crippen molar-refractivity contribution in [2.75, 3.05) is 40.5 Å². The van der Waals surface area contributed by atoms with Gasteiger partial charge in [-0.2, -0.15) is 0 Å². The topological polar surface area (TPSA) is 55.3 Å². The summed E-state index contributed by atoms with van der Waals surface area (Å²) in [5, 5.41) is 5.94. The number of methoxy groups -OCH3 is 1. The number of guanidine groups is 1. The average molecular weight is 426 g/mol. The van der Waals surface area contributed by atoms with E-state index >= 15 is 0 Å². The molecule has 6 nitrogen and oxygen atoms in total. The first-order valence-electron chi connectivity index (χ1n) is 11.5. The lowest BCUT2D eigenvalue weighted by Gasteiger charge is -2.35. The van der Waals surface area contributed by atoms with E-state index in [1.807, 2.05) is 13.1 Å². The van der Waals surface area contributed by atoms with Crippen LogP contribution in [0.1, 0.15) is 37.7 Å². The molecule has 0 aromatic heterocycles. The highest BCUT2D eigenvalue weighted by Crippen LogP contribution is 2.22. The second-order valence-corrected chi connectivity index (χ2v) is 8.46. The van der Waals surface area contributed by atoms with Gasteiger partial charge in [-0.3, -0.25) is 4.99 Å². The van der Waals surface area contributed by atoms with Gasteiger partial charge in [0.15, 0.2) is 5.96 Å². The van der Waals surface area contributed by atoms with Gasteiger partial charge in [0.1, 0.15) is 5.75 Å². The molecule has 0 saturated carbocycles. The number of nitrogens with one attached hydrogen (secondary N) is 1. The van der Waals surface area contributed by atoms with Crippen LogP contribution < -0.4 is 10.1 Å². The van der Waals surface area contributed by atoms with Gasteiger partial charge in [-0.15, -0.1) is 0 Å². The molecule has 4 rings (SSSR count). The summed E-state index contributed by atoms with van der Waals surface area (Å²) in [6.45, 7) is 4.32. The van der Waals surface area contributed by atoms with E-state index in [9.17, 15) is 0 Å². The van der Waals surface area contributed by atoms with Crippen molar-refractivity contribution in [3.05, 3.63) is 42.0 Å². The number of piperidine rings is 1. The van der Waals surface area contributed by atoms with Crippen LogP contribution in [0.4, 0.5) is 0 Å². The number of likely N-dealkylation sites (tertiary alicyclic amines) is 1. The Bertz CT molecular complexity index is 871. The fraction of sp³-hybridized carbons (Fsp3) is 0.560. The van der Waals surface area contributed by atoms with Crippen LogP contribution in [0, 0.1) is 0 Å². The van der Waals surface area contributed by atoms with Gasteiger partial charge >= 0.3 is 0 Å². The summed E-state index contributed by atoms with van der Waals surface area (Å²) in [5.41, 5.74) is 1.24. The number of nitrogens with zero attached hydrogens (tertiary/aromatic N) is 2. The third kappa shape index (κ3) is 5.89. The lowest BCUT2D eigenvalue weighted by atomic mass is 10.1. The third-order valence-corrected chi connectivity index (χ3v) is 6.31. The van der Waals surface area contributed by atoms with E-state index < -0.39 is 0 Å². The van der Waals surface area contributed by atoms with Crippen molar-refractivity contribution in [3.63, 3.8) is 0 Å². The second-order valence-electron chi connectivity index (χ2n) is 8.46. The highest BCUT2D eigenvalue weighted by atomic mass is 16.5. The summed E-state index contributed by atoms with van der Waals surface area (Å²) >= 11 is 0. The molecule has 1 N–H and O–H groups in total. The maximum absolute atomic E-state index is 6.15. The number of ether oxygens (including phenoxy) is 3. The van der Waals surface area contributed by atoms with Gasteiger partial charge in [0, 0.05) is 33.3 Å². The maximum atomic E-state index is 6.15. The van der Waals surface area contributed by atoms with Crippen molar-refractivity contribution in [1.29, 1.82) is 0 Å². The molecule has 2 aliphatic heterocycles. The molecule has 2 fully saturated rings. The van der Waals surface area contributed by atoms with Crippen molar-refractivity contribution in [3.8, 4) is 5.75 Å². The number of benzene rings is 2. The van der Waals surface area contributed by atoms with Crippen LogP contribution >= 0.6 is 0 Å². The molecule has 1 unspecified atom stereocenters. The molecule has 6 heteroatoms. The summed E-state index contributed by atoms with van der Waals surface area (Å²) in [6.07, 6.45) is 6.28. The van der Waals surface area contributed by atoms with E-state index in [0.29, 0.717) is 12.2 Å². The average Bonchev–Trinajstić information content (AvgIpc) is 2.84. The van der Waals surface area contributed by atoms with Crippen LogP contribution in [0.2, 0.25) is 0 Å². The zero-order valence-electron chi connectivity index (χ0n) is 18.8. The van der Waals surface area contributed by atoms with Crippen molar-refractivity contribution in [2.24, 2.45) is 4.99 Å². The van der Waals surface area contributed by atoms with Crippen LogP contribution in [-0.2, 0) is 16.0 Å². The Balaban J connectivity index is 1.24. The number of fused-ring (bicyclic) bond motifs is 1. The molecule has 2 aliphatic rings. The van der Waals surface area contributed by atoms with Gasteiger partial charge in [-0.1, -0.05) is 18.2 Å². The molecular weight excluding hydrogens is 390 g/mol. The minimum atomic E-state index is 0.296. The minimum absolute atomic E-state index is 0.296. The monoisotopic (exact) mass is 425 g/mol. The standard InChI is InChI=1S/C25H35N3O3/c1-26-25(27-17-19-6-7-21-16-23(29-2)9-8-20(21)15-19)28-12-10-22(11-13-28)31-18-24-5-3-4-14-30-24/h6-9,15-16,22,24H,3-5,10-14,17-18H2,1-2H3,(H,26,27). The predicted octanol–water partition coefficient (Wildman–Crippen LogP) is 3.97. The van der Waals surface area contributed by atoms with Gasteiger partial charge in [0.2, 0.25) is 0 Å². The van der Waals surface area contributed by atoms with E-state index in [1.54, 1.807) is 7.11 Å². The smallest absolute Gasteiger partial charge is 0.193 e. The van der Waals surface area contributed by atoms with Gasteiger partial charge < -0.3 is 24.4 Å². The minimum Gasteiger partial charge on any atom is -0.497 e. The summed E-state index contributed by atoms with van der Waals surface area (Å²) in [6, 6.07) is 12.7. The number of aliphatic imine (C=N–C) groups is 1. The van der Waals surface area contributed by atoms with Gasteiger partial charge in [0.05, 0.1) is 25.9 Å². The van der Waals surface area contributed by atoms with E-state index in [4.69, 9.17) is 14.2 Å². The quantitative estimate of drug-likeness (QED) is 0.561. The molecule has 31 heavy (non-hydrogen) atoms. The SMILES string of the molecule is CN=C(NCc1ccc2cc(OC)ccc2c1)N1CCC(OCC2CCCCO2)CC1. The fourth-order valence-electron chi connectivity index (χ4n) is 4.44. The molecular formula is C25H35N3O3. The lowest BCUT2D eigenvalue weighted by Crippen LogP contribution is -2.47. The van der Waals surface area contributed by atoms with Crippen LogP contribution in [0.3, 0.4) is 0 Å². The van der Waals surface area contributed by atoms with Crippen LogP contribution in [0.15, 0.2) is 41.4 Å². The third-order valence-electron chi connectivity index (χ3n) is 6.31. The van der Waals surface area contributed by atoms with Gasteiger partial charge in [0.25, 0.3) is 0 Å². The molecule has 2 saturated heterocycles. The molecule has 0 bridgehead atoms. The van der Waals surface area contributed by atoms with Crippen molar-refractivity contribution >= 4 is 16.7 Å². The highest BCUT2D eigenvalue weighted by Gasteiger charge is 2.23. The first-order chi connectivity index (χ1) is 15.2. The second kappa shape index (κ2) is 10.8. The van der Waals surface area contributed by atoms with E-state index in [1.165, 1.54) is 29.2 Å². The largest absolute Gasteiger partial charge is 0.497 e. The molecule has 168 valence electrons. The van der Waals surface area contributed by atoms with Crippen LogP contribution in [0.5, 0.6) is 5.75 Å². The molecule has 2 aromatic carbocycles. The highest BCUT2D eigenvalue weighted by molar-refractivity contribution is 5.85. The first kappa shape index (κ1) is 21.9. The summed E-state index contributed by atoms with van der Waals surface area (Å²) in [7, 11) is 3.56. The van der Waals surface area contributed by atoms with E-state index in [0.717, 1.165) is 63.8 Å². The first-order valence-corrected chi connectivity index (χ1v) is 11.5. The van der Waals surface area contributed by atoms with Gasteiger partial charge in [-0.05, 0) is 66.6 Å². The van der Waals surface area contributed by atoms with Crippen LogP contribution in [-0.4, -0.2) is 63.5 Å². The number of hydrogen-bond donors (Lipinski definition) is 1. The Morgan fingerprint density at radius 2 is 1.90 bits per heavy atom. The Morgan fingerprint density at radius 3 is 2.65 bits per heavy atom. The summed E-state index contributed by atoms with van der Waals surface area (Å²) < 4.78 is 17.3. The fourth-order valence-corrected chi connectivity index (χ4v) is 4.44. The summed E-state index contributed by atoms with van der Waals surface area (Å²) in [4.78, 5) is 6.85. The Labute approximate surface area is 185 Å². The van der Waals surface area contributed by atoms with Gasteiger partial charge in [-0.25, -0.2) is 0 Å². The zero-order valence-corrected chi connectivity index (χ0v) is 18.8. The normalized spacial score (nSPS) is 20.8. The molecule has 0 spiro atoms. The Kier molecular flexibility index (Phi) is 7.65. The molecule has 1 atom stereocenters. The van der Waals surface area contributed by atoms with E-state index in [-0.39, 0.29) is 0 Å². The predicted molar refractivity (Wildman–Crippen MR) is 125 cm³/mol. The number of rotatable bonds is 6. The van der Waals surface area contributed by atoms with Crippen molar-refractivity contribution in [2.45, 2.75) is 50.9 Å². The lowest BCUT2D eigenvalue weighted by molar-refractivity contribution is -0.0721. The molecule has 2 aromatic rings. The Hall–Kier alpha value is -2.31. The molecule has 0 amide bonds.